The van der Waals surface area contributed by atoms with Crippen molar-refractivity contribution in [1.82, 2.24) is 0 Å². The molecule has 0 amide bonds. The molecule has 0 spiro atoms. The lowest BCUT2D eigenvalue weighted by Crippen LogP contribution is -2.00. The molecule has 0 saturated carbocycles. The molecule has 144 valence electrons. The van der Waals surface area contributed by atoms with Crippen LogP contribution in [-0.2, 0) is 11.2 Å². The van der Waals surface area contributed by atoms with Crippen LogP contribution in [-0.4, -0.2) is 13.2 Å². The van der Waals surface area contributed by atoms with Crippen molar-refractivity contribution in [2.24, 2.45) is 0 Å². The third-order valence-electron chi connectivity index (χ3n) is 5.02. The van der Waals surface area contributed by atoms with E-state index in [4.69, 9.17) is 4.74 Å². The molecule has 0 bridgehead atoms. The standard InChI is InChI=1S/C24H42O/c1-2-3-4-5-6-7-8-9-10-11-12-13-14-18-22-25-23-21-24-19-16-15-17-20-24/h15-17,19-20H,2-14,18,21-23H2,1H3. The third kappa shape index (κ3) is 15.2. The second-order valence-corrected chi connectivity index (χ2v) is 7.44. The number of rotatable bonds is 18. The second kappa shape index (κ2) is 18.0. The molecule has 0 radical (unpaired) electrons. The zero-order valence-corrected chi connectivity index (χ0v) is 16.8. The van der Waals surface area contributed by atoms with Crippen LogP contribution >= 0.6 is 0 Å². The molecule has 0 saturated heterocycles. The minimum atomic E-state index is 0.864. The largest absolute Gasteiger partial charge is 0.381 e. The quantitative estimate of drug-likeness (QED) is 0.247. The Bertz CT molecular complexity index is 360. The van der Waals surface area contributed by atoms with Gasteiger partial charge in [-0.15, -0.1) is 0 Å². The Balaban J connectivity index is 1.69. The van der Waals surface area contributed by atoms with Gasteiger partial charge in [0, 0.05) is 6.61 Å². The number of hydrogen-bond acceptors (Lipinski definition) is 1. The van der Waals surface area contributed by atoms with Crippen molar-refractivity contribution in [3.63, 3.8) is 0 Å². The summed E-state index contributed by atoms with van der Waals surface area (Å²) in [6.45, 7) is 4.09. The predicted molar refractivity (Wildman–Crippen MR) is 111 cm³/mol. The van der Waals surface area contributed by atoms with E-state index in [1.54, 1.807) is 0 Å². The molecule has 1 aromatic carbocycles. The fourth-order valence-corrected chi connectivity index (χ4v) is 3.34. The highest BCUT2D eigenvalue weighted by molar-refractivity contribution is 5.14. The fraction of sp³-hybridized carbons (Fsp3) is 0.750. The number of hydrogen-bond donors (Lipinski definition) is 0. The Morgan fingerprint density at radius 2 is 1.04 bits per heavy atom. The zero-order chi connectivity index (χ0) is 17.8. The van der Waals surface area contributed by atoms with Gasteiger partial charge < -0.3 is 4.74 Å². The molecule has 0 fully saturated rings. The average Bonchev–Trinajstić information content (AvgIpc) is 2.65. The first-order valence-electron chi connectivity index (χ1n) is 11.0. The first-order valence-corrected chi connectivity index (χ1v) is 11.0. The van der Waals surface area contributed by atoms with Gasteiger partial charge in [-0.3, -0.25) is 0 Å². The van der Waals surface area contributed by atoms with Gasteiger partial charge in [-0.05, 0) is 18.4 Å². The monoisotopic (exact) mass is 346 g/mol. The van der Waals surface area contributed by atoms with E-state index in [0.717, 1.165) is 19.6 Å². The molecule has 1 aromatic rings. The van der Waals surface area contributed by atoms with E-state index in [1.165, 1.54) is 95.5 Å². The summed E-state index contributed by atoms with van der Waals surface area (Å²) in [5, 5.41) is 0. The minimum absolute atomic E-state index is 0.864. The SMILES string of the molecule is CCCCCCCCCCCCCCCCOCCc1ccccc1. The van der Waals surface area contributed by atoms with Crippen molar-refractivity contribution < 1.29 is 4.74 Å². The van der Waals surface area contributed by atoms with E-state index >= 15 is 0 Å². The lowest BCUT2D eigenvalue weighted by atomic mass is 10.0. The highest BCUT2D eigenvalue weighted by Crippen LogP contribution is 2.13. The van der Waals surface area contributed by atoms with Crippen LogP contribution in [0, 0.1) is 0 Å². The van der Waals surface area contributed by atoms with E-state index < -0.39 is 0 Å². The first kappa shape index (κ1) is 22.2. The summed E-state index contributed by atoms with van der Waals surface area (Å²) in [4.78, 5) is 0. The average molecular weight is 347 g/mol. The van der Waals surface area contributed by atoms with E-state index in [9.17, 15) is 0 Å². The van der Waals surface area contributed by atoms with E-state index in [2.05, 4.69) is 37.3 Å². The lowest BCUT2D eigenvalue weighted by Gasteiger charge is -2.05. The molecule has 1 heteroatoms. The van der Waals surface area contributed by atoms with E-state index in [1.807, 2.05) is 0 Å². The van der Waals surface area contributed by atoms with Gasteiger partial charge >= 0.3 is 0 Å². The van der Waals surface area contributed by atoms with Crippen LogP contribution in [0.1, 0.15) is 102 Å². The number of unbranched alkanes of at least 4 members (excludes halogenated alkanes) is 13. The van der Waals surface area contributed by atoms with E-state index in [0.29, 0.717) is 0 Å². The van der Waals surface area contributed by atoms with Gasteiger partial charge in [-0.1, -0.05) is 121 Å². The van der Waals surface area contributed by atoms with Gasteiger partial charge in [-0.2, -0.15) is 0 Å². The Morgan fingerprint density at radius 1 is 0.560 bits per heavy atom. The van der Waals surface area contributed by atoms with Crippen LogP contribution in [0.3, 0.4) is 0 Å². The van der Waals surface area contributed by atoms with Crippen LogP contribution < -0.4 is 0 Å². The molecule has 1 nitrogen and oxygen atoms in total. The summed E-state index contributed by atoms with van der Waals surface area (Å²) < 4.78 is 5.74. The normalized spacial score (nSPS) is 11.1. The zero-order valence-electron chi connectivity index (χ0n) is 16.8. The molecule has 0 aliphatic rings. The number of ether oxygens (including phenoxy) is 1. The maximum atomic E-state index is 5.74. The number of benzene rings is 1. The van der Waals surface area contributed by atoms with Crippen molar-refractivity contribution in [2.45, 2.75) is 103 Å². The molecular weight excluding hydrogens is 304 g/mol. The Morgan fingerprint density at radius 3 is 1.56 bits per heavy atom. The third-order valence-corrected chi connectivity index (χ3v) is 5.02. The van der Waals surface area contributed by atoms with E-state index in [-0.39, 0.29) is 0 Å². The molecule has 0 aliphatic carbocycles. The van der Waals surface area contributed by atoms with Gasteiger partial charge in [0.2, 0.25) is 0 Å². The first-order chi connectivity index (χ1) is 12.4. The van der Waals surface area contributed by atoms with Crippen molar-refractivity contribution in [3.8, 4) is 0 Å². The summed E-state index contributed by atoms with van der Waals surface area (Å²) in [7, 11) is 0. The van der Waals surface area contributed by atoms with Crippen molar-refractivity contribution in [2.75, 3.05) is 13.2 Å². The topological polar surface area (TPSA) is 9.23 Å². The van der Waals surface area contributed by atoms with Crippen LogP contribution in [0.4, 0.5) is 0 Å². The Kier molecular flexibility index (Phi) is 16.0. The molecule has 0 heterocycles. The van der Waals surface area contributed by atoms with Crippen LogP contribution in [0.15, 0.2) is 30.3 Å². The molecule has 0 N–H and O–H groups in total. The summed E-state index contributed by atoms with van der Waals surface area (Å²) in [5.74, 6) is 0. The van der Waals surface area contributed by atoms with Crippen molar-refractivity contribution in [3.05, 3.63) is 35.9 Å². The Labute approximate surface area is 157 Å². The highest BCUT2D eigenvalue weighted by Gasteiger charge is 1.95. The maximum Gasteiger partial charge on any atom is 0.0506 e. The summed E-state index contributed by atoms with van der Waals surface area (Å²) >= 11 is 0. The van der Waals surface area contributed by atoms with Crippen LogP contribution in [0.25, 0.3) is 0 Å². The van der Waals surface area contributed by atoms with Gasteiger partial charge in [0.15, 0.2) is 0 Å². The summed E-state index contributed by atoms with van der Waals surface area (Å²) in [6.07, 6.45) is 20.8. The van der Waals surface area contributed by atoms with Crippen LogP contribution in [0.2, 0.25) is 0 Å². The molecule has 0 atom stereocenters. The van der Waals surface area contributed by atoms with Crippen molar-refractivity contribution in [1.29, 1.82) is 0 Å². The second-order valence-electron chi connectivity index (χ2n) is 7.44. The smallest absolute Gasteiger partial charge is 0.0506 e. The molecule has 0 aromatic heterocycles. The van der Waals surface area contributed by atoms with Gasteiger partial charge in [0.25, 0.3) is 0 Å². The minimum Gasteiger partial charge on any atom is -0.381 e. The molecule has 1 rings (SSSR count). The lowest BCUT2D eigenvalue weighted by molar-refractivity contribution is 0.133. The van der Waals surface area contributed by atoms with Gasteiger partial charge in [0.1, 0.15) is 0 Å². The van der Waals surface area contributed by atoms with Crippen LogP contribution in [0.5, 0.6) is 0 Å². The van der Waals surface area contributed by atoms with Gasteiger partial charge in [-0.25, -0.2) is 0 Å². The molecular formula is C24H42O. The maximum absolute atomic E-state index is 5.74. The van der Waals surface area contributed by atoms with Gasteiger partial charge in [0.05, 0.1) is 6.61 Å². The highest BCUT2D eigenvalue weighted by atomic mass is 16.5. The van der Waals surface area contributed by atoms with Crippen molar-refractivity contribution >= 4 is 0 Å². The Hall–Kier alpha value is -0.820. The summed E-state index contributed by atoms with van der Waals surface area (Å²) in [6, 6.07) is 10.6. The predicted octanol–water partition coefficient (Wildman–Crippen LogP) is 7.73. The fourth-order valence-electron chi connectivity index (χ4n) is 3.34. The molecule has 0 unspecified atom stereocenters. The molecule has 0 aliphatic heterocycles. The molecule has 25 heavy (non-hydrogen) atoms. The summed E-state index contributed by atoms with van der Waals surface area (Å²) in [5.41, 5.74) is 1.38.